The van der Waals surface area contributed by atoms with Crippen LogP contribution in [0.2, 0.25) is 0 Å². The number of benzene rings is 8. The Balaban J connectivity index is 1.27. The SMILES string of the molecule is c1ccc(-n2c3ccccc3c3c2ccc2c4ccccc4n(-c4ccc([Si](c5ccccc5)(c5ccccc5)c5ccccc5)cc4)c23)cc1. The van der Waals surface area contributed by atoms with Crippen molar-refractivity contribution in [3.05, 3.63) is 206 Å². The zero-order valence-electron chi connectivity index (χ0n) is 28.0. The summed E-state index contributed by atoms with van der Waals surface area (Å²) in [5, 5.41) is 10.5. The molecule has 240 valence electrons. The van der Waals surface area contributed by atoms with Crippen LogP contribution in [0.1, 0.15) is 0 Å². The number of aromatic nitrogens is 2. The third-order valence-corrected chi connectivity index (χ3v) is 15.5. The van der Waals surface area contributed by atoms with Crippen LogP contribution in [0.3, 0.4) is 0 Å². The molecule has 0 aliphatic carbocycles. The van der Waals surface area contributed by atoms with Crippen molar-refractivity contribution in [1.29, 1.82) is 0 Å². The maximum atomic E-state index is 2.50. The number of fused-ring (bicyclic) bond motifs is 7. The first-order valence-corrected chi connectivity index (χ1v) is 19.6. The molecular formula is C48H34N2Si. The normalized spacial score (nSPS) is 11.9. The lowest BCUT2D eigenvalue weighted by molar-refractivity contribution is 1.17. The quantitative estimate of drug-likeness (QED) is 0.124. The van der Waals surface area contributed by atoms with Gasteiger partial charge in [-0.25, -0.2) is 0 Å². The molecule has 3 heteroatoms. The summed E-state index contributed by atoms with van der Waals surface area (Å²) in [7, 11) is -2.64. The van der Waals surface area contributed by atoms with Gasteiger partial charge in [0.05, 0.1) is 22.1 Å². The zero-order valence-corrected chi connectivity index (χ0v) is 29.0. The van der Waals surface area contributed by atoms with E-state index in [1.165, 1.54) is 70.0 Å². The predicted octanol–water partition coefficient (Wildman–Crippen LogP) is 9.26. The standard InChI is InChI=1S/C48H34N2Si/c1-5-17-35(18-6-1)49-45-28-16-14-26-43(45)47-46(49)34-33-42-41-25-13-15-27-44(41)50(48(42)47)36-29-31-40(32-30-36)51(37-19-7-2-8-20-37,38-21-9-3-10-22-38)39-23-11-4-12-24-39/h1-34H. The molecule has 0 saturated carbocycles. The minimum atomic E-state index is -2.64. The van der Waals surface area contributed by atoms with E-state index in [0.717, 1.165) is 5.69 Å². The molecule has 2 heterocycles. The maximum Gasteiger partial charge on any atom is 0.179 e. The highest BCUT2D eigenvalue weighted by molar-refractivity contribution is 7.19. The molecule has 8 aromatic carbocycles. The van der Waals surface area contributed by atoms with Crippen molar-refractivity contribution in [2.45, 2.75) is 0 Å². The molecule has 0 N–H and O–H groups in total. The second-order valence-corrected chi connectivity index (χ2v) is 17.1. The van der Waals surface area contributed by atoms with Crippen LogP contribution in [0.25, 0.3) is 55.0 Å². The van der Waals surface area contributed by atoms with Gasteiger partial charge in [0.1, 0.15) is 0 Å². The highest BCUT2D eigenvalue weighted by Gasteiger charge is 2.41. The van der Waals surface area contributed by atoms with Gasteiger partial charge in [0.25, 0.3) is 0 Å². The van der Waals surface area contributed by atoms with Gasteiger partial charge >= 0.3 is 0 Å². The summed E-state index contributed by atoms with van der Waals surface area (Å²) in [6.45, 7) is 0. The highest BCUT2D eigenvalue weighted by Crippen LogP contribution is 2.41. The van der Waals surface area contributed by atoms with Gasteiger partial charge in [-0.05, 0) is 63.2 Å². The van der Waals surface area contributed by atoms with E-state index in [0.29, 0.717) is 0 Å². The molecule has 0 unspecified atom stereocenters. The number of hydrogen-bond acceptors (Lipinski definition) is 0. The average molecular weight is 667 g/mol. The Morgan fingerprint density at radius 2 is 0.706 bits per heavy atom. The van der Waals surface area contributed by atoms with Gasteiger partial charge < -0.3 is 9.13 Å². The first-order valence-electron chi connectivity index (χ1n) is 17.6. The number of hydrogen-bond donors (Lipinski definition) is 0. The topological polar surface area (TPSA) is 9.86 Å². The first-order chi connectivity index (χ1) is 25.3. The van der Waals surface area contributed by atoms with Crippen LogP contribution in [-0.2, 0) is 0 Å². The van der Waals surface area contributed by atoms with Crippen LogP contribution < -0.4 is 20.7 Å². The molecule has 0 aliphatic rings. The van der Waals surface area contributed by atoms with E-state index in [9.17, 15) is 0 Å². The smallest absolute Gasteiger partial charge is 0.179 e. The van der Waals surface area contributed by atoms with Crippen molar-refractivity contribution in [3.8, 4) is 11.4 Å². The molecule has 2 nitrogen and oxygen atoms in total. The molecule has 10 aromatic rings. The van der Waals surface area contributed by atoms with Crippen molar-refractivity contribution >= 4 is 72.4 Å². The summed E-state index contributed by atoms with van der Waals surface area (Å²) in [4.78, 5) is 0. The Morgan fingerprint density at radius 1 is 0.275 bits per heavy atom. The van der Waals surface area contributed by atoms with Crippen molar-refractivity contribution in [2.24, 2.45) is 0 Å². The fourth-order valence-corrected chi connectivity index (χ4v) is 13.3. The second-order valence-electron chi connectivity index (χ2n) is 13.3. The van der Waals surface area contributed by atoms with E-state index in [-0.39, 0.29) is 0 Å². The zero-order chi connectivity index (χ0) is 33.8. The molecule has 0 saturated heterocycles. The van der Waals surface area contributed by atoms with Crippen molar-refractivity contribution in [2.75, 3.05) is 0 Å². The third kappa shape index (κ3) is 4.42. The monoisotopic (exact) mass is 666 g/mol. The Kier molecular flexibility index (Phi) is 6.86. The van der Waals surface area contributed by atoms with Gasteiger partial charge in [-0.3, -0.25) is 0 Å². The minimum Gasteiger partial charge on any atom is -0.309 e. The fraction of sp³-hybridized carbons (Fsp3) is 0. The van der Waals surface area contributed by atoms with Crippen molar-refractivity contribution in [1.82, 2.24) is 9.13 Å². The third-order valence-electron chi connectivity index (χ3n) is 10.7. The number of para-hydroxylation sites is 3. The second kappa shape index (κ2) is 11.9. The molecule has 0 atom stereocenters. The van der Waals surface area contributed by atoms with Gasteiger partial charge in [0, 0.05) is 32.9 Å². The maximum absolute atomic E-state index is 2.64. The van der Waals surface area contributed by atoms with E-state index in [2.05, 4.69) is 215 Å². The molecule has 0 spiro atoms. The highest BCUT2D eigenvalue weighted by atomic mass is 28.3. The van der Waals surface area contributed by atoms with Crippen LogP contribution >= 0.6 is 0 Å². The van der Waals surface area contributed by atoms with Crippen LogP contribution in [0, 0.1) is 0 Å². The lowest BCUT2D eigenvalue weighted by Crippen LogP contribution is -2.74. The molecule has 0 bridgehead atoms. The largest absolute Gasteiger partial charge is 0.309 e. The number of nitrogens with zero attached hydrogens (tertiary/aromatic N) is 2. The van der Waals surface area contributed by atoms with Crippen LogP contribution in [0.5, 0.6) is 0 Å². The van der Waals surface area contributed by atoms with Gasteiger partial charge in [0.15, 0.2) is 8.07 Å². The van der Waals surface area contributed by atoms with E-state index < -0.39 is 8.07 Å². The Labute approximate surface area is 298 Å². The van der Waals surface area contributed by atoms with Crippen molar-refractivity contribution in [3.63, 3.8) is 0 Å². The van der Waals surface area contributed by atoms with Gasteiger partial charge in [-0.15, -0.1) is 0 Å². The van der Waals surface area contributed by atoms with E-state index in [1.807, 2.05) is 0 Å². The summed E-state index contributed by atoms with van der Waals surface area (Å²) in [6.07, 6.45) is 0. The molecule has 0 aliphatic heterocycles. The lowest BCUT2D eigenvalue weighted by atomic mass is 10.1. The molecular weight excluding hydrogens is 633 g/mol. The molecule has 0 fully saturated rings. The summed E-state index contributed by atoms with van der Waals surface area (Å²) in [5.74, 6) is 0. The van der Waals surface area contributed by atoms with Crippen molar-refractivity contribution < 1.29 is 0 Å². The van der Waals surface area contributed by atoms with E-state index in [1.54, 1.807) is 0 Å². The van der Waals surface area contributed by atoms with Crippen LogP contribution in [0.15, 0.2) is 206 Å². The van der Waals surface area contributed by atoms with E-state index >= 15 is 0 Å². The summed E-state index contributed by atoms with van der Waals surface area (Å²) in [6, 6.07) is 76.0. The lowest BCUT2D eigenvalue weighted by Gasteiger charge is -2.34. The summed E-state index contributed by atoms with van der Waals surface area (Å²) < 4.78 is 4.91. The van der Waals surface area contributed by atoms with Gasteiger partial charge in [-0.2, -0.15) is 0 Å². The fourth-order valence-electron chi connectivity index (χ4n) is 8.56. The Hall–Kier alpha value is -6.42. The number of rotatable bonds is 6. The predicted molar refractivity (Wildman–Crippen MR) is 219 cm³/mol. The molecule has 0 amide bonds. The molecule has 51 heavy (non-hydrogen) atoms. The Morgan fingerprint density at radius 3 is 1.27 bits per heavy atom. The van der Waals surface area contributed by atoms with Crippen LogP contribution in [-0.4, -0.2) is 17.2 Å². The first kappa shape index (κ1) is 29.5. The van der Waals surface area contributed by atoms with E-state index in [4.69, 9.17) is 0 Å². The van der Waals surface area contributed by atoms with Gasteiger partial charge in [-0.1, -0.05) is 164 Å². The molecule has 10 rings (SSSR count). The summed E-state index contributed by atoms with van der Waals surface area (Å²) >= 11 is 0. The Bertz CT molecular complexity index is 2720. The molecule has 0 radical (unpaired) electrons. The molecule has 2 aromatic heterocycles. The van der Waals surface area contributed by atoms with Gasteiger partial charge in [0.2, 0.25) is 0 Å². The van der Waals surface area contributed by atoms with Crippen LogP contribution in [0.4, 0.5) is 0 Å². The minimum absolute atomic E-state index is 1.16. The summed E-state index contributed by atoms with van der Waals surface area (Å²) in [5.41, 5.74) is 7.19. The average Bonchev–Trinajstić information content (AvgIpc) is 3.73.